The molecule has 2 heterocycles. The lowest BCUT2D eigenvalue weighted by molar-refractivity contribution is -0.139. The molecule has 2 aromatic carbocycles. The van der Waals surface area contributed by atoms with Crippen molar-refractivity contribution in [3.05, 3.63) is 53.6 Å². The van der Waals surface area contributed by atoms with Gasteiger partial charge in [-0.15, -0.1) is 0 Å². The number of fused-ring (bicyclic) bond motifs is 1. The molecule has 2 aliphatic heterocycles. The Bertz CT molecular complexity index is 973. The normalized spacial score (nSPS) is 16.2. The summed E-state index contributed by atoms with van der Waals surface area (Å²) in [7, 11) is 3.99. The van der Waals surface area contributed by atoms with E-state index in [4.69, 9.17) is 14.2 Å². The molecule has 176 valence electrons. The van der Waals surface area contributed by atoms with Gasteiger partial charge in [0.25, 0.3) is 0 Å². The molecule has 4 rings (SSSR count). The van der Waals surface area contributed by atoms with Crippen LogP contribution < -0.4 is 25.0 Å². The number of carbonyl (C=O) groups is 2. The zero-order valence-corrected chi connectivity index (χ0v) is 19.0. The van der Waals surface area contributed by atoms with Crippen molar-refractivity contribution in [2.75, 3.05) is 58.6 Å². The second-order valence-electron chi connectivity index (χ2n) is 8.23. The number of carbonyl (C=O) groups excluding carboxylic acids is 2. The average Bonchev–Trinajstić information content (AvgIpc) is 3.31. The second kappa shape index (κ2) is 10.5. The van der Waals surface area contributed by atoms with Gasteiger partial charge in [-0.2, -0.15) is 0 Å². The minimum Gasteiger partial charge on any atom is -0.454 e. The summed E-state index contributed by atoms with van der Waals surface area (Å²) in [6.07, 6.45) is 0. The molecule has 1 atom stereocenters. The van der Waals surface area contributed by atoms with Crippen LogP contribution in [0.5, 0.6) is 11.5 Å². The molecular formula is C24H30N4O5. The summed E-state index contributed by atoms with van der Waals surface area (Å²) in [6.45, 7) is 3.58. The Morgan fingerprint density at radius 3 is 2.39 bits per heavy atom. The first-order valence-corrected chi connectivity index (χ1v) is 11.0. The summed E-state index contributed by atoms with van der Waals surface area (Å²) >= 11 is 0. The predicted molar refractivity (Wildman–Crippen MR) is 123 cm³/mol. The first-order valence-electron chi connectivity index (χ1n) is 11.0. The lowest BCUT2D eigenvalue weighted by Crippen LogP contribution is -2.46. The Kier molecular flexibility index (Phi) is 7.31. The molecule has 0 spiro atoms. The maximum Gasteiger partial charge on any atom is 0.309 e. The predicted octanol–water partition coefficient (Wildman–Crippen LogP) is 1.29. The van der Waals surface area contributed by atoms with Crippen LogP contribution >= 0.6 is 0 Å². The smallest absolute Gasteiger partial charge is 0.309 e. The first-order chi connectivity index (χ1) is 16.0. The standard InChI is InChI=1S/C24H30N4O5/c1-27(2)19-6-4-18(5-7-19)20(28-9-11-31-12-10-28)15-26-24(30)23(29)25-14-17-3-8-21-22(13-17)33-16-32-21/h3-8,13,20H,9-12,14-16H2,1-2H3,(H,25,29)(H,26,30)/t20-/m1/s1. The number of anilines is 1. The van der Waals surface area contributed by atoms with Gasteiger partial charge in [-0.3, -0.25) is 14.5 Å². The molecule has 0 aliphatic carbocycles. The van der Waals surface area contributed by atoms with E-state index in [2.05, 4.69) is 39.8 Å². The van der Waals surface area contributed by atoms with Crippen molar-refractivity contribution in [2.24, 2.45) is 0 Å². The number of morpholine rings is 1. The molecule has 2 aliphatic rings. The first kappa shape index (κ1) is 22.9. The average molecular weight is 455 g/mol. The lowest BCUT2D eigenvalue weighted by Gasteiger charge is -2.35. The highest BCUT2D eigenvalue weighted by Crippen LogP contribution is 2.32. The number of hydrogen-bond acceptors (Lipinski definition) is 7. The SMILES string of the molecule is CN(C)c1ccc([C@@H](CNC(=O)C(=O)NCc2ccc3c(c2)OCO3)N2CCOCC2)cc1. The Labute approximate surface area is 193 Å². The fourth-order valence-electron chi connectivity index (χ4n) is 3.92. The van der Waals surface area contributed by atoms with E-state index in [1.165, 1.54) is 0 Å². The molecular weight excluding hydrogens is 424 g/mol. The largest absolute Gasteiger partial charge is 0.454 e. The van der Waals surface area contributed by atoms with Crippen LogP contribution in [-0.4, -0.2) is 70.5 Å². The van der Waals surface area contributed by atoms with E-state index in [-0.39, 0.29) is 19.4 Å². The number of hydrogen-bond donors (Lipinski definition) is 2. The quantitative estimate of drug-likeness (QED) is 0.609. The summed E-state index contributed by atoms with van der Waals surface area (Å²) < 4.78 is 16.1. The van der Waals surface area contributed by atoms with Crippen LogP contribution in [0.1, 0.15) is 17.2 Å². The monoisotopic (exact) mass is 454 g/mol. The van der Waals surface area contributed by atoms with Gasteiger partial charge in [0.15, 0.2) is 11.5 Å². The van der Waals surface area contributed by atoms with Crippen molar-refractivity contribution >= 4 is 17.5 Å². The minimum atomic E-state index is -0.670. The Morgan fingerprint density at radius 2 is 1.67 bits per heavy atom. The molecule has 2 amide bonds. The van der Waals surface area contributed by atoms with E-state index in [0.29, 0.717) is 31.3 Å². The summed E-state index contributed by atoms with van der Waals surface area (Å²) in [6, 6.07) is 13.6. The topological polar surface area (TPSA) is 92.4 Å². The molecule has 0 radical (unpaired) electrons. The molecule has 0 saturated carbocycles. The third-order valence-electron chi connectivity index (χ3n) is 5.83. The summed E-state index contributed by atoms with van der Waals surface area (Å²) in [5, 5.41) is 5.47. The van der Waals surface area contributed by atoms with Crippen LogP contribution in [0.25, 0.3) is 0 Å². The molecule has 0 bridgehead atoms. The molecule has 2 N–H and O–H groups in total. The number of rotatable bonds is 7. The third kappa shape index (κ3) is 5.74. The number of benzene rings is 2. The van der Waals surface area contributed by atoms with Crippen LogP contribution in [0.3, 0.4) is 0 Å². The molecule has 2 aromatic rings. The second-order valence-corrected chi connectivity index (χ2v) is 8.23. The van der Waals surface area contributed by atoms with Crippen molar-refractivity contribution in [3.8, 4) is 11.5 Å². The molecule has 0 unspecified atom stereocenters. The number of ether oxygens (including phenoxy) is 3. The van der Waals surface area contributed by atoms with Crippen molar-refractivity contribution in [1.82, 2.24) is 15.5 Å². The Balaban J connectivity index is 1.34. The fraction of sp³-hybridized carbons (Fsp3) is 0.417. The molecule has 1 fully saturated rings. The maximum absolute atomic E-state index is 12.5. The van der Waals surface area contributed by atoms with Gasteiger partial charge >= 0.3 is 11.8 Å². The van der Waals surface area contributed by atoms with E-state index in [1.807, 2.05) is 25.1 Å². The van der Waals surface area contributed by atoms with Gasteiger partial charge in [-0.05, 0) is 35.4 Å². The van der Waals surface area contributed by atoms with E-state index >= 15 is 0 Å². The molecule has 9 nitrogen and oxygen atoms in total. The minimum absolute atomic E-state index is 0.0456. The zero-order chi connectivity index (χ0) is 23.2. The fourth-order valence-corrected chi connectivity index (χ4v) is 3.92. The van der Waals surface area contributed by atoms with Crippen LogP contribution in [0, 0.1) is 0 Å². The van der Waals surface area contributed by atoms with E-state index in [0.717, 1.165) is 29.9 Å². The molecule has 33 heavy (non-hydrogen) atoms. The van der Waals surface area contributed by atoms with Gasteiger partial charge in [0.1, 0.15) is 0 Å². The van der Waals surface area contributed by atoms with Crippen LogP contribution in [0.2, 0.25) is 0 Å². The van der Waals surface area contributed by atoms with Crippen molar-refractivity contribution < 1.29 is 23.8 Å². The number of nitrogens with one attached hydrogen (secondary N) is 2. The third-order valence-corrected chi connectivity index (χ3v) is 5.83. The van der Waals surface area contributed by atoms with Gasteiger partial charge in [-0.1, -0.05) is 18.2 Å². The van der Waals surface area contributed by atoms with Gasteiger partial charge < -0.3 is 29.7 Å². The zero-order valence-electron chi connectivity index (χ0n) is 19.0. The number of amides is 2. The molecule has 0 aromatic heterocycles. The van der Waals surface area contributed by atoms with Gasteiger partial charge in [-0.25, -0.2) is 0 Å². The highest BCUT2D eigenvalue weighted by atomic mass is 16.7. The van der Waals surface area contributed by atoms with Crippen LogP contribution in [0.4, 0.5) is 5.69 Å². The van der Waals surface area contributed by atoms with Crippen LogP contribution in [0.15, 0.2) is 42.5 Å². The van der Waals surface area contributed by atoms with Gasteiger partial charge in [0.05, 0.1) is 19.3 Å². The van der Waals surface area contributed by atoms with Crippen LogP contribution in [-0.2, 0) is 20.9 Å². The lowest BCUT2D eigenvalue weighted by atomic mass is 10.0. The summed E-state index contributed by atoms with van der Waals surface area (Å²) in [5.41, 5.74) is 3.02. The maximum atomic E-state index is 12.5. The number of nitrogens with zero attached hydrogens (tertiary/aromatic N) is 2. The summed E-state index contributed by atoms with van der Waals surface area (Å²) in [4.78, 5) is 29.2. The van der Waals surface area contributed by atoms with Crippen molar-refractivity contribution in [1.29, 1.82) is 0 Å². The highest BCUT2D eigenvalue weighted by molar-refractivity contribution is 6.35. The summed E-state index contributed by atoms with van der Waals surface area (Å²) in [5.74, 6) is -0.00862. The van der Waals surface area contributed by atoms with Gasteiger partial charge in [0, 0.05) is 46.0 Å². The van der Waals surface area contributed by atoms with Crippen molar-refractivity contribution in [3.63, 3.8) is 0 Å². The highest BCUT2D eigenvalue weighted by Gasteiger charge is 2.24. The molecule has 1 saturated heterocycles. The Morgan fingerprint density at radius 1 is 0.970 bits per heavy atom. The van der Waals surface area contributed by atoms with E-state index < -0.39 is 11.8 Å². The van der Waals surface area contributed by atoms with E-state index in [9.17, 15) is 9.59 Å². The Hall–Kier alpha value is -3.30. The van der Waals surface area contributed by atoms with Crippen molar-refractivity contribution in [2.45, 2.75) is 12.6 Å². The van der Waals surface area contributed by atoms with Gasteiger partial charge in [0.2, 0.25) is 6.79 Å². The molecule has 9 heteroatoms. The van der Waals surface area contributed by atoms with E-state index in [1.54, 1.807) is 12.1 Å².